The van der Waals surface area contributed by atoms with Crippen LogP contribution in [0.15, 0.2) is 48.5 Å². The van der Waals surface area contributed by atoms with Crippen LogP contribution in [0.5, 0.6) is 5.75 Å². The summed E-state index contributed by atoms with van der Waals surface area (Å²) in [4.78, 5) is 26.3. The average molecular weight is 342 g/mol. The fourth-order valence-electron chi connectivity index (χ4n) is 2.81. The molecule has 2 amide bonds. The SMILES string of the molecule is CNC(=O)[C@H]1CN(C(=O)CCc2ccc(F)cc2)c2ccccc2O1. The van der Waals surface area contributed by atoms with Crippen molar-refractivity contribution in [1.29, 1.82) is 0 Å². The van der Waals surface area contributed by atoms with Crippen LogP contribution in [0.25, 0.3) is 0 Å². The van der Waals surface area contributed by atoms with E-state index in [0.29, 0.717) is 17.9 Å². The number of rotatable bonds is 4. The van der Waals surface area contributed by atoms with E-state index in [9.17, 15) is 14.0 Å². The molecule has 0 bridgehead atoms. The van der Waals surface area contributed by atoms with Crippen molar-refractivity contribution in [3.8, 4) is 5.75 Å². The van der Waals surface area contributed by atoms with Crippen LogP contribution in [0.3, 0.4) is 0 Å². The van der Waals surface area contributed by atoms with Gasteiger partial charge in [0.2, 0.25) is 5.91 Å². The number of nitrogens with zero attached hydrogens (tertiary/aromatic N) is 1. The number of hydrogen-bond acceptors (Lipinski definition) is 3. The summed E-state index contributed by atoms with van der Waals surface area (Å²) in [6.45, 7) is 0.166. The van der Waals surface area contributed by atoms with Gasteiger partial charge in [-0.2, -0.15) is 0 Å². The van der Waals surface area contributed by atoms with Crippen molar-refractivity contribution in [3.63, 3.8) is 0 Å². The molecule has 5 nitrogen and oxygen atoms in total. The Morgan fingerprint density at radius 3 is 2.64 bits per heavy atom. The first-order valence-corrected chi connectivity index (χ1v) is 8.10. The summed E-state index contributed by atoms with van der Waals surface area (Å²) in [6.07, 6.45) is 0.0265. The number of ether oxygens (including phenoxy) is 1. The Labute approximate surface area is 145 Å². The summed E-state index contributed by atoms with van der Waals surface area (Å²) in [6, 6.07) is 13.3. The van der Waals surface area contributed by atoms with Crippen LogP contribution in [-0.4, -0.2) is 31.5 Å². The maximum absolute atomic E-state index is 13.0. The number of anilines is 1. The smallest absolute Gasteiger partial charge is 0.262 e. The van der Waals surface area contributed by atoms with Crippen molar-refractivity contribution in [3.05, 3.63) is 59.9 Å². The second-order valence-electron chi connectivity index (χ2n) is 5.82. The molecule has 6 heteroatoms. The molecule has 0 unspecified atom stereocenters. The maximum Gasteiger partial charge on any atom is 0.262 e. The topological polar surface area (TPSA) is 58.6 Å². The van der Waals surface area contributed by atoms with Gasteiger partial charge in [-0.3, -0.25) is 9.59 Å². The van der Waals surface area contributed by atoms with E-state index in [1.807, 2.05) is 6.07 Å². The highest BCUT2D eigenvalue weighted by atomic mass is 19.1. The van der Waals surface area contributed by atoms with Crippen LogP contribution < -0.4 is 15.0 Å². The van der Waals surface area contributed by atoms with Gasteiger partial charge < -0.3 is 15.0 Å². The third-order valence-corrected chi connectivity index (χ3v) is 4.15. The zero-order valence-electron chi connectivity index (χ0n) is 13.9. The molecule has 1 aliphatic heterocycles. The highest BCUT2D eigenvalue weighted by Crippen LogP contribution is 2.33. The van der Waals surface area contributed by atoms with Gasteiger partial charge in [-0.25, -0.2) is 4.39 Å². The molecule has 25 heavy (non-hydrogen) atoms. The van der Waals surface area contributed by atoms with Gasteiger partial charge in [0.25, 0.3) is 5.91 Å². The summed E-state index contributed by atoms with van der Waals surface area (Å²) < 4.78 is 18.7. The number of aryl methyl sites for hydroxylation is 1. The first kappa shape index (κ1) is 17.0. The molecular weight excluding hydrogens is 323 g/mol. The Hall–Kier alpha value is -2.89. The van der Waals surface area contributed by atoms with Crippen molar-refractivity contribution in [2.75, 3.05) is 18.5 Å². The van der Waals surface area contributed by atoms with Crippen molar-refractivity contribution in [2.45, 2.75) is 18.9 Å². The lowest BCUT2D eigenvalue weighted by Gasteiger charge is -2.34. The number of fused-ring (bicyclic) bond motifs is 1. The monoisotopic (exact) mass is 342 g/mol. The van der Waals surface area contributed by atoms with Crippen molar-refractivity contribution in [1.82, 2.24) is 5.32 Å². The maximum atomic E-state index is 13.0. The molecule has 2 aromatic carbocycles. The van der Waals surface area contributed by atoms with E-state index in [4.69, 9.17) is 4.74 Å². The zero-order valence-corrected chi connectivity index (χ0v) is 13.9. The Balaban J connectivity index is 1.75. The largest absolute Gasteiger partial charge is 0.477 e. The van der Waals surface area contributed by atoms with E-state index >= 15 is 0 Å². The molecular formula is C19H19FN2O3. The Bertz CT molecular complexity index is 776. The quantitative estimate of drug-likeness (QED) is 0.927. The van der Waals surface area contributed by atoms with E-state index in [2.05, 4.69) is 5.32 Å². The van der Waals surface area contributed by atoms with Crippen LogP contribution in [-0.2, 0) is 16.0 Å². The fraction of sp³-hybridized carbons (Fsp3) is 0.263. The van der Waals surface area contributed by atoms with E-state index in [0.717, 1.165) is 5.56 Å². The number of para-hydroxylation sites is 2. The van der Waals surface area contributed by atoms with Gasteiger partial charge in [-0.05, 0) is 36.2 Å². The van der Waals surface area contributed by atoms with Crippen LogP contribution >= 0.6 is 0 Å². The lowest BCUT2D eigenvalue weighted by molar-refractivity contribution is -0.127. The fourth-order valence-corrected chi connectivity index (χ4v) is 2.81. The Morgan fingerprint density at radius 2 is 1.92 bits per heavy atom. The number of carbonyl (C=O) groups excluding carboxylic acids is 2. The van der Waals surface area contributed by atoms with E-state index in [1.165, 1.54) is 19.2 Å². The normalized spacial score (nSPS) is 15.9. The summed E-state index contributed by atoms with van der Waals surface area (Å²) in [5.74, 6) is -0.164. The predicted octanol–water partition coefficient (Wildman–Crippen LogP) is 2.30. The molecule has 1 heterocycles. The third kappa shape index (κ3) is 3.79. The van der Waals surface area contributed by atoms with Gasteiger partial charge in [0.05, 0.1) is 12.2 Å². The molecule has 2 aromatic rings. The summed E-state index contributed by atoms with van der Waals surface area (Å²) in [7, 11) is 1.53. The standard InChI is InChI=1S/C19H19FN2O3/c1-21-19(24)17-12-22(15-4-2-3-5-16(15)25-17)18(23)11-8-13-6-9-14(20)10-7-13/h2-7,9-10,17H,8,11-12H2,1H3,(H,21,24)/t17-/m1/s1. The lowest BCUT2D eigenvalue weighted by Crippen LogP contribution is -2.50. The van der Waals surface area contributed by atoms with Crippen LogP contribution in [0.2, 0.25) is 0 Å². The number of carbonyl (C=O) groups is 2. The zero-order chi connectivity index (χ0) is 17.8. The summed E-state index contributed by atoms with van der Waals surface area (Å²) >= 11 is 0. The molecule has 1 atom stereocenters. The molecule has 1 aliphatic rings. The minimum Gasteiger partial charge on any atom is -0.477 e. The summed E-state index contributed by atoms with van der Waals surface area (Å²) in [5, 5.41) is 2.55. The number of halogens is 1. The minimum atomic E-state index is -0.741. The highest BCUT2D eigenvalue weighted by molar-refractivity contribution is 5.97. The second kappa shape index (κ2) is 7.34. The van der Waals surface area contributed by atoms with Crippen LogP contribution in [0.4, 0.5) is 10.1 Å². The van der Waals surface area contributed by atoms with Crippen molar-refractivity contribution < 1.29 is 18.7 Å². The number of hydrogen-bond donors (Lipinski definition) is 1. The summed E-state index contributed by atoms with van der Waals surface area (Å²) in [5.41, 5.74) is 1.55. The van der Waals surface area contributed by atoms with Crippen LogP contribution in [0.1, 0.15) is 12.0 Å². The van der Waals surface area contributed by atoms with Gasteiger partial charge in [-0.15, -0.1) is 0 Å². The molecule has 0 saturated carbocycles. The predicted molar refractivity (Wildman–Crippen MR) is 92.0 cm³/mol. The number of benzene rings is 2. The molecule has 3 rings (SSSR count). The average Bonchev–Trinajstić information content (AvgIpc) is 2.65. The van der Waals surface area contributed by atoms with E-state index in [-0.39, 0.29) is 30.6 Å². The van der Waals surface area contributed by atoms with Gasteiger partial charge >= 0.3 is 0 Å². The molecule has 0 aromatic heterocycles. The van der Waals surface area contributed by atoms with Gasteiger partial charge in [0, 0.05) is 13.5 Å². The third-order valence-electron chi connectivity index (χ3n) is 4.15. The minimum absolute atomic E-state index is 0.103. The first-order valence-electron chi connectivity index (χ1n) is 8.10. The molecule has 0 radical (unpaired) electrons. The second-order valence-corrected chi connectivity index (χ2v) is 5.82. The van der Waals surface area contributed by atoms with Crippen LogP contribution in [0, 0.1) is 5.82 Å². The number of nitrogens with one attached hydrogen (secondary N) is 1. The number of amides is 2. The molecule has 0 fully saturated rings. The molecule has 130 valence electrons. The first-order chi connectivity index (χ1) is 12.1. The molecule has 0 spiro atoms. The Kier molecular flexibility index (Phi) is 4.97. The van der Waals surface area contributed by atoms with Gasteiger partial charge in [0.1, 0.15) is 11.6 Å². The number of likely N-dealkylation sites (N-methyl/N-ethyl adjacent to an activating group) is 1. The van der Waals surface area contributed by atoms with Crippen molar-refractivity contribution in [2.24, 2.45) is 0 Å². The lowest BCUT2D eigenvalue weighted by atomic mass is 10.1. The van der Waals surface area contributed by atoms with E-state index < -0.39 is 6.10 Å². The Morgan fingerprint density at radius 1 is 1.20 bits per heavy atom. The van der Waals surface area contributed by atoms with Gasteiger partial charge in [-0.1, -0.05) is 24.3 Å². The highest BCUT2D eigenvalue weighted by Gasteiger charge is 2.32. The van der Waals surface area contributed by atoms with Gasteiger partial charge in [0.15, 0.2) is 6.10 Å². The molecule has 1 N–H and O–H groups in total. The van der Waals surface area contributed by atoms with Crippen molar-refractivity contribution >= 4 is 17.5 Å². The molecule has 0 saturated heterocycles. The molecule has 0 aliphatic carbocycles. The van der Waals surface area contributed by atoms with E-state index in [1.54, 1.807) is 35.2 Å².